The van der Waals surface area contributed by atoms with Gasteiger partial charge in [-0.05, 0) is 32.8 Å². The van der Waals surface area contributed by atoms with Gasteiger partial charge < -0.3 is 15.0 Å². The van der Waals surface area contributed by atoms with E-state index in [4.69, 9.17) is 4.74 Å². The molecule has 0 saturated heterocycles. The maximum atomic E-state index is 12.8. The van der Waals surface area contributed by atoms with Gasteiger partial charge in [-0.3, -0.25) is 9.59 Å². The van der Waals surface area contributed by atoms with Crippen LogP contribution in [0.1, 0.15) is 57.1 Å². The number of hydrogen-bond acceptors (Lipinski definition) is 4. The van der Waals surface area contributed by atoms with Gasteiger partial charge >= 0.3 is 5.97 Å². The monoisotopic (exact) mass is 386 g/mol. The van der Waals surface area contributed by atoms with E-state index in [2.05, 4.69) is 5.32 Å². The third kappa shape index (κ3) is 5.21. The Labute approximate surface area is 166 Å². The maximum Gasteiger partial charge on any atom is 0.336 e. The molecule has 6 heteroatoms. The normalized spacial score (nSPS) is 16.9. The Kier molecular flexibility index (Phi) is 7.79. The van der Waals surface area contributed by atoms with Crippen molar-refractivity contribution in [3.63, 3.8) is 0 Å². The van der Waals surface area contributed by atoms with Crippen LogP contribution in [0.25, 0.3) is 0 Å². The third-order valence-electron chi connectivity index (χ3n) is 4.92. The van der Waals surface area contributed by atoms with Crippen LogP contribution >= 0.6 is 0 Å². The number of amides is 2. The second-order valence-corrected chi connectivity index (χ2v) is 7.07. The van der Waals surface area contributed by atoms with Crippen LogP contribution in [0.4, 0.5) is 0 Å². The highest BCUT2D eigenvalue weighted by molar-refractivity contribution is 5.97. The molecule has 2 amide bonds. The summed E-state index contributed by atoms with van der Waals surface area (Å²) in [6.07, 6.45) is 2.00. The molecule has 0 radical (unpaired) electrons. The fourth-order valence-corrected chi connectivity index (χ4v) is 3.45. The predicted octanol–water partition coefficient (Wildman–Crippen LogP) is 3.06. The average molecular weight is 386 g/mol. The first-order valence-electron chi connectivity index (χ1n) is 9.90. The summed E-state index contributed by atoms with van der Waals surface area (Å²) in [4.78, 5) is 39.2. The second kappa shape index (κ2) is 10.1. The number of aryl methyl sites for hydroxylation is 1. The molecule has 2 rings (SSSR count). The second-order valence-electron chi connectivity index (χ2n) is 7.07. The number of nitrogens with one attached hydrogen (secondary N) is 1. The summed E-state index contributed by atoms with van der Waals surface area (Å²) >= 11 is 0. The number of rotatable bonds is 8. The van der Waals surface area contributed by atoms with Gasteiger partial charge in [0.15, 0.2) is 0 Å². The number of allylic oxidation sites excluding steroid dienone is 1. The molecule has 6 nitrogen and oxygen atoms in total. The predicted molar refractivity (Wildman–Crippen MR) is 108 cm³/mol. The van der Waals surface area contributed by atoms with E-state index in [0.717, 1.165) is 24.0 Å². The number of benzene rings is 1. The van der Waals surface area contributed by atoms with Crippen LogP contribution in [-0.2, 0) is 19.1 Å². The topological polar surface area (TPSA) is 75.7 Å². The highest BCUT2D eigenvalue weighted by Gasteiger charge is 2.37. The van der Waals surface area contributed by atoms with Crippen molar-refractivity contribution in [1.82, 2.24) is 10.2 Å². The summed E-state index contributed by atoms with van der Waals surface area (Å²) in [6, 6.07) is 7.80. The Bertz CT molecular complexity index is 770. The van der Waals surface area contributed by atoms with E-state index in [9.17, 15) is 14.4 Å². The SMILES string of the molecule is CCCCNC(=O)CN1C(=O)CC(c2cccc(C)c2)C(C(=O)OCC)=C1C. The molecular formula is C22H30N2O4. The van der Waals surface area contributed by atoms with Gasteiger partial charge in [0.2, 0.25) is 11.8 Å². The Balaban J connectivity index is 2.35. The fraction of sp³-hybridized carbons (Fsp3) is 0.500. The quantitative estimate of drug-likeness (QED) is 0.550. The molecule has 0 aliphatic carbocycles. The summed E-state index contributed by atoms with van der Waals surface area (Å²) in [6.45, 7) is 8.23. The van der Waals surface area contributed by atoms with Crippen molar-refractivity contribution in [2.24, 2.45) is 0 Å². The van der Waals surface area contributed by atoms with Gasteiger partial charge in [-0.2, -0.15) is 0 Å². The van der Waals surface area contributed by atoms with E-state index in [1.54, 1.807) is 13.8 Å². The summed E-state index contributed by atoms with van der Waals surface area (Å²) < 4.78 is 5.27. The number of hydrogen-bond donors (Lipinski definition) is 1. The first-order chi connectivity index (χ1) is 13.4. The van der Waals surface area contributed by atoms with Crippen LogP contribution in [0, 0.1) is 6.92 Å². The molecule has 1 N–H and O–H groups in total. The van der Waals surface area contributed by atoms with E-state index in [1.165, 1.54) is 4.90 Å². The minimum absolute atomic E-state index is 0.0855. The molecule has 1 aromatic rings. The Hall–Kier alpha value is -2.63. The van der Waals surface area contributed by atoms with E-state index in [1.807, 2.05) is 38.1 Å². The molecule has 0 saturated carbocycles. The number of nitrogens with zero attached hydrogens (tertiary/aromatic N) is 1. The number of carbonyl (C=O) groups is 3. The van der Waals surface area contributed by atoms with Gasteiger partial charge in [0.05, 0.1) is 12.2 Å². The smallest absolute Gasteiger partial charge is 0.336 e. The molecule has 0 aromatic heterocycles. The molecule has 1 aliphatic heterocycles. The van der Waals surface area contributed by atoms with Gasteiger partial charge in [0.1, 0.15) is 6.54 Å². The number of esters is 1. The fourth-order valence-electron chi connectivity index (χ4n) is 3.45. The Morgan fingerprint density at radius 3 is 2.64 bits per heavy atom. The van der Waals surface area contributed by atoms with E-state index in [0.29, 0.717) is 17.8 Å². The highest BCUT2D eigenvalue weighted by atomic mass is 16.5. The average Bonchev–Trinajstić information content (AvgIpc) is 2.65. The number of ether oxygens (including phenoxy) is 1. The van der Waals surface area contributed by atoms with Crippen LogP contribution in [0.2, 0.25) is 0 Å². The van der Waals surface area contributed by atoms with E-state index >= 15 is 0 Å². The molecular weight excluding hydrogens is 356 g/mol. The Morgan fingerprint density at radius 1 is 1.25 bits per heavy atom. The Morgan fingerprint density at radius 2 is 2.00 bits per heavy atom. The zero-order valence-corrected chi connectivity index (χ0v) is 17.2. The summed E-state index contributed by atoms with van der Waals surface area (Å²) in [7, 11) is 0. The standard InChI is InChI=1S/C22H30N2O4/c1-5-7-11-23-19(25)14-24-16(4)21(22(27)28-6-2)18(13-20(24)26)17-10-8-9-15(3)12-17/h8-10,12,18H,5-7,11,13-14H2,1-4H3,(H,23,25). The molecule has 1 heterocycles. The van der Waals surface area contributed by atoms with Crippen molar-refractivity contribution < 1.29 is 19.1 Å². The molecule has 0 fully saturated rings. The largest absolute Gasteiger partial charge is 0.463 e. The van der Waals surface area contributed by atoms with Crippen molar-refractivity contribution in [3.8, 4) is 0 Å². The van der Waals surface area contributed by atoms with Gasteiger partial charge in [-0.15, -0.1) is 0 Å². The zero-order valence-electron chi connectivity index (χ0n) is 17.2. The van der Waals surface area contributed by atoms with Crippen molar-refractivity contribution in [2.45, 2.75) is 52.9 Å². The lowest BCUT2D eigenvalue weighted by molar-refractivity contribution is -0.141. The van der Waals surface area contributed by atoms with E-state index in [-0.39, 0.29) is 37.3 Å². The van der Waals surface area contributed by atoms with Crippen LogP contribution in [0.5, 0.6) is 0 Å². The van der Waals surface area contributed by atoms with Crippen molar-refractivity contribution >= 4 is 17.8 Å². The first kappa shape index (κ1) is 21.7. The van der Waals surface area contributed by atoms with Gasteiger partial charge in [0.25, 0.3) is 0 Å². The van der Waals surface area contributed by atoms with Crippen LogP contribution in [0.3, 0.4) is 0 Å². The lowest BCUT2D eigenvalue weighted by Gasteiger charge is -2.34. The molecule has 1 aromatic carbocycles. The summed E-state index contributed by atoms with van der Waals surface area (Å²) in [5.74, 6) is -1.19. The summed E-state index contributed by atoms with van der Waals surface area (Å²) in [5, 5.41) is 2.82. The minimum Gasteiger partial charge on any atom is -0.463 e. The van der Waals surface area contributed by atoms with E-state index < -0.39 is 5.97 Å². The van der Waals surface area contributed by atoms with Crippen LogP contribution in [-0.4, -0.2) is 42.4 Å². The first-order valence-corrected chi connectivity index (χ1v) is 9.90. The lowest BCUT2D eigenvalue weighted by Crippen LogP contribution is -2.44. The molecule has 152 valence electrons. The number of carbonyl (C=O) groups excluding carboxylic acids is 3. The van der Waals surface area contributed by atoms with Gasteiger partial charge in [0, 0.05) is 24.6 Å². The van der Waals surface area contributed by atoms with Crippen LogP contribution in [0.15, 0.2) is 35.5 Å². The third-order valence-corrected chi connectivity index (χ3v) is 4.92. The van der Waals surface area contributed by atoms with Crippen molar-refractivity contribution in [3.05, 3.63) is 46.7 Å². The van der Waals surface area contributed by atoms with Crippen molar-refractivity contribution in [2.75, 3.05) is 19.7 Å². The molecule has 0 spiro atoms. The molecule has 28 heavy (non-hydrogen) atoms. The molecule has 1 atom stereocenters. The molecule has 0 bridgehead atoms. The highest BCUT2D eigenvalue weighted by Crippen LogP contribution is 2.37. The maximum absolute atomic E-state index is 12.8. The number of unbranched alkanes of at least 4 members (excludes halogenated alkanes) is 1. The summed E-state index contributed by atoms with van der Waals surface area (Å²) in [5.41, 5.74) is 2.91. The van der Waals surface area contributed by atoms with Crippen molar-refractivity contribution in [1.29, 1.82) is 0 Å². The minimum atomic E-state index is -0.435. The zero-order chi connectivity index (χ0) is 20.7. The van der Waals surface area contributed by atoms with Gasteiger partial charge in [-0.25, -0.2) is 4.79 Å². The van der Waals surface area contributed by atoms with Crippen LogP contribution < -0.4 is 5.32 Å². The molecule has 1 unspecified atom stereocenters. The molecule has 1 aliphatic rings. The van der Waals surface area contributed by atoms with Gasteiger partial charge in [-0.1, -0.05) is 43.2 Å². The lowest BCUT2D eigenvalue weighted by atomic mass is 9.83.